The first kappa shape index (κ1) is 19.0. The van der Waals surface area contributed by atoms with Crippen LogP contribution in [-0.4, -0.2) is 22.5 Å². The lowest BCUT2D eigenvalue weighted by atomic mass is 10.2. The van der Waals surface area contributed by atoms with Crippen molar-refractivity contribution in [2.45, 2.75) is 13.8 Å². The van der Waals surface area contributed by atoms with E-state index < -0.39 is 0 Å². The fraction of sp³-hybridized carbons (Fsp3) is 0.200. The van der Waals surface area contributed by atoms with Crippen LogP contribution < -0.4 is 0 Å². The fourth-order valence-corrected chi connectivity index (χ4v) is 3.88. The Hall–Kier alpha value is -1.75. The van der Waals surface area contributed by atoms with Gasteiger partial charge in [0.25, 0.3) is 5.91 Å². The summed E-state index contributed by atoms with van der Waals surface area (Å²) in [5, 5.41) is 1.89. The monoisotopic (exact) mass is 404 g/mol. The summed E-state index contributed by atoms with van der Waals surface area (Å²) in [7, 11) is 0. The second kappa shape index (κ2) is 8.30. The summed E-state index contributed by atoms with van der Waals surface area (Å²) in [5.41, 5.74) is 1.54. The Morgan fingerprint density at radius 1 is 1.15 bits per heavy atom. The predicted molar refractivity (Wildman–Crippen MR) is 112 cm³/mol. The van der Waals surface area contributed by atoms with E-state index >= 15 is 0 Å². The molecule has 0 unspecified atom stereocenters. The molecule has 0 radical (unpaired) electrons. The number of carbonyl (C=O) groups excluding carboxylic acids is 1. The van der Waals surface area contributed by atoms with Crippen LogP contribution in [0.15, 0.2) is 58.4 Å². The van der Waals surface area contributed by atoms with Gasteiger partial charge in [0, 0.05) is 16.6 Å². The van der Waals surface area contributed by atoms with Crippen LogP contribution in [0.25, 0.3) is 6.08 Å². The Morgan fingerprint density at radius 2 is 1.92 bits per heavy atom. The van der Waals surface area contributed by atoms with Crippen molar-refractivity contribution < 1.29 is 4.79 Å². The van der Waals surface area contributed by atoms with E-state index in [9.17, 15) is 4.79 Å². The van der Waals surface area contributed by atoms with Crippen molar-refractivity contribution >= 4 is 57.8 Å². The van der Waals surface area contributed by atoms with Crippen molar-refractivity contribution in [2.75, 3.05) is 6.54 Å². The van der Waals surface area contributed by atoms with Gasteiger partial charge in [0.2, 0.25) is 0 Å². The quantitative estimate of drug-likeness (QED) is 0.563. The molecule has 26 heavy (non-hydrogen) atoms. The van der Waals surface area contributed by atoms with Gasteiger partial charge in [-0.3, -0.25) is 9.69 Å². The lowest BCUT2D eigenvalue weighted by molar-refractivity contribution is -0.122. The molecule has 0 atom stereocenters. The van der Waals surface area contributed by atoms with E-state index in [2.05, 4.69) is 18.8 Å². The average molecular weight is 405 g/mol. The molecule has 2 aromatic carbocycles. The van der Waals surface area contributed by atoms with Crippen molar-refractivity contribution in [1.29, 1.82) is 0 Å². The molecule has 3 nitrogen and oxygen atoms in total. The number of hydrogen-bond donors (Lipinski definition) is 0. The molecule has 0 saturated carbocycles. The van der Waals surface area contributed by atoms with Crippen molar-refractivity contribution in [3.8, 4) is 0 Å². The number of benzene rings is 2. The van der Waals surface area contributed by atoms with Crippen LogP contribution >= 0.6 is 35.0 Å². The zero-order valence-electron chi connectivity index (χ0n) is 14.4. The zero-order valence-corrected chi connectivity index (χ0v) is 16.8. The van der Waals surface area contributed by atoms with Crippen LogP contribution in [0.4, 0.5) is 5.69 Å². The van der Waals surface area contributed by atoms with Crippen LogP contribution in [0.2, 0.25) is 10.0 Å². The van der Waals surface area contributed by atoms with Crippen molar-refractivity contribution in [1.82, 2.24) is 4.90 Å². The molecule has 1 saturated heterocycles. The second-order valence-corrected chi connectivity index (χ2v) is 8.17. The summed E-state index contributed by atoms with van der Waals surface area (Å²) < 4.78 is 0. The largest absolute Gasteiger partial charge is 0.286 e. The number of amidine groups is 1. The third kappa shape index (κ3) is 4.50. The van der Waals surface area contributed by atoms with Crippen LogP contribution in [0.3, 0.4) is 0 Å². The third-order valence-corrected chi connectivity index (χ3v) is 5.25. The van der Waals surface area contributed by atoms with E-state index in [0.29, 0.717) is 32.6 Å². The minimum absolute atomic E-state index is 0.0515. The number of rotatable bonds is 4. The maximum Gasteiger partial charge on any atom is 0.266 e. The number of amides is 1. The van der Waals surface area contributed by atoms with Gasteiger partial charge in [-0.15, -0.1) is 0 Å². The minimum atomic E-state index is -0.0515. The van der Waals surface area contributed by atoms with Crippen molar-refractivity contribution in [3.63, 3.8) is 0 Å². The predicted octanol–water partition coefficient (Wildman–Crippen LogP) is 6.25. The lowest BCUT2D eigenvalue weighted by Gasteiger charge is -2.17. The molecule has 1 aliphatic heterocycles. The van der Waals surface area contributed by atoms with Gasteiger partial charge in [-0.2, -0.15) is 0 Å². The van der Waals surface area contributed by atoms with Gasteiger partial charge >= 0.3 is 0 Å². The highest BCUT2D eigenvalue weighted by atomic mass is 35.5. The molecule has 3 rings (SSSR count). The smallest absolute Gasteiger partial charge is 0.266 e. The molecule has 0 N–H and O–H groups in total. The number of thioether (sulfide) groups is 1. The minimum Gasteiger partial charge on any atom is -0.286 e. The third-order valence-electron chi connectivity index (χ3n) is 3.66. The summed E-state index contributed by atoms with van der Waals surface area (Å²) in [6.07, 6.45) is 1.82. The Bertz CT molecular complexity index is 893. The second-order valence-electron chi connectivity index (χ2n) is 6.32. The molecule has 1 aliphatic rings. The zero-order chi connectivity index (χ0) is 18.7. The fourth-order valence-electron chi connectivity index (χ4n) is 2.51. The van der Waals surface area contributed by atoms with Gasteiger partial charge in [0.15, 0.2) is 5.17 Å². The van der Waals surface area contributed by atoms with Crippen LogP contribution in [0.5, 0.6) is 0 Å². The van der Waals surface area contributed by atoms with Gasteiger partial charge in [0.05, 0.1) is 10.6 Å². The van der Waals surface area contributed by atoms with E-state index in [1.54, 1.807) is 17.0 Å². The molecular weight excluding hydrogens is 387 g/mol. The molecule has 2 aromatic rings. The molecule has 6 heteroatoms. The molecule has 1 amide bonds. The summed E-state index contributed by atoms with van der Waals surface area (Å²) in [6.45, 7) is 4.75. The molecule has 0 aromatic heterocycles. The highest BCUT2D eigenvalue weighted by Crippen LogP contribution is 2.35. The topological polar surface area (TPSA) is 32.7 Å². The molecule has 1 heterocycles. The number of nitrogens with zero attached hydrogens (tertiary/aromatic N) is 2. The molecule has 134 valence electrons. The van der Waals surface area contributed by atoms with Crippen molar-refractivity contribution in [3.05, 3.63) is 69.0 Å². The Balaban J connectivity index is 1.98. The molecule has 1 fully saturated rings. The van der Waals surface area contributed by atoms with Crippen LogP contribution in [0, 0.1) is 5.92 Å². The summed E-state index contributed by atoms with van der Waals surface area (Å²) in [5.74, 6) is 0.271. The van der Waals surface area contributed by atoms with E-state index in [1.807, 2.05) is 42.5 Å². The van der Waals surface area contributed by atoms with Gasteiger partial charge in [0.1, 0.15) is 0 Å². The average Bonchev–Trinajstić information content (AvgIpc) is 2.85. The highest BCUT2D eigenvalue weighted by molar-refractivity contribution is 8.18. The van der Waals surface area contributed by atoms with Gasteiger partial charge in [-0.05, 0) is 53.6 Å². The van der Waals surface area contributed by atoms with Crippen LogP contribution in [-0.2, 0) is 4.79 Å². The number of hydrogen-bond acceptors (Lipinski definition) is 3. The van der Waals surface area contributed by atoms with E-state index in [-0.39, 0.29) is 5.91 Å². The maximum absolute atomic E-state index is 12.9. The Morgan fingerprint density at radius 3 is 2.62 bits per heavy atom. The molecule has 0 aliphatic carbocycles. The first-order valence-corrected chi connectivity index (χ1v) is 9.81. The number of aliphatic imine (C=N–C) groups is 1. The maximum atomic E-state index is 12.9. The standard InChI is InChI=1S/C20H18Cl2N2OS/c1-13(2)12-24-19(25)18(10-14-6-3-4-9-17(14)22)26-20(24)23-16-8-5-7-15(21)11-16/h3-11,13H,12H2,1-2H3/b18-10+,23-20?. The summed E-state index contributed by atoms with van der Waals surface area (Å²) >= 11 is 13.6. The molecular formula is C20H18Cl2N2OS. The van der Waals surface area contributed by atoms with Gasteiger partial charge in [-0.25, -0.2) is 4.99 Å². The Kier molecular flexibility index (Phi) is 6.07. The highest BCUT2D eigenvalue weighted by Gasteiger charge is 2.33. The molecule has 0 spiro atoms. The van der Waals surface area contributed by atoms with E-state index in [1.165, 1.54) is 11.8 Å². The Labute approximate surface area is 167 Å². The van der Waals surface area contributed by atoms with Crippen molar-refractivity contribution in [2.24, 2.45) is 10.9 Å². The lowest BCUT2D eigenvalue weighted by Crippen LogP contribution is -2.32. The normalized spacial score (nSPS) is 17.7. The number of carbonyl (C=O) groups is 1. The van der Waals surface area contributed by atoms with E-state index in [0.717, 1.165) is 11.3 Å². The summed E-state index contributed by atoms with van der Waals surface area (Å²) in [4.78, 5) is 19.9. The van der Waals surface area contributed by atoms with Gasteiger partial charge < -0.3 is 0 Å². The molecule has 0 bridgehead atoms. The number of halogens is 2. The first-order chi connectivity index (χ1) is 12.4. The van der Waals surface area contributed by atoms with Gasteiger partial charge in [-0.1, -0.05) is 61.3 Å². The first-order valence-electron chi connectivity index (χ1n) is 8.24. The summed E-state index contributed by atoms with van der Waals surface area (Å²) in [6, 6.07) is 14.8. The SMILES string of the molecule is CC(C)CN1C(=O)/C(=C\c2ccccc2Cl)SC1=Nc1cccc(Cl)c1. The van der Waals surface area contributed by atoms with Crippen LogP contribution in [0.1, 0.15) is 19.4 Å². The van der Waals surface area contributed by atoms with E-state index in [4.69, 9.17) is 23.2 Å².